The van der Waals surface area contributed by atoms with Gasteiger partial charge in [0.25, 0.3) is 5.56 Å². The van der Waals surface area contributed by atoms with Crippen LogP contribution in [0.25, 0.3) is 10.2 Å². The number of amides is 1. The number of carbonyl (C=O) groups is 1. The normalized spacial score (nSPS) is 11.0. The summed E-state index contributed by atoms with van der Waals surface area (Å²) in [5.41, 5.74) is 1.08. The van der Waals surface area contributed by atoms with Crippen LogP contribution in [0.3, 0.4) is 0 Å². The Morgan fingerprint density at radius 3 is 2.83 bits per heavy atom. The number of hydrogen-bond donors (Lipinski definition) is 1. The number of benzene rings is 1. The van der Waals surface area contributed by atoms with E-state index in [0.717, 1.165) is 10.4 Å². The molecule has 0 bridgehead atoms. The summed E-state index contributed by atoms with van der Waals surface area (Å²) in [7, 11) is 0. The van der Waals surface area contributed by atoms with Crippen LogP contribution in [0.15, 0.2) is 29.3 Å². The third-order valence-corrected chi connectivity index (χ3v) is 5.35. The third kappa shape index (κ3) is 3.17. The Morgan fingerprint density at radius 2 is 2.08 bits per heavy atom. The van der Waals surface area contributed by atoms with Crippen LogP contribution in [0, 0.1) is 13.8 Å². The lowest BCUT2D eigenvalue weighted by Gasteiger charge is -2.09. The van der Waals surface area contributed by atoms with Gasteiger partial charge in [-0.25, -0.2) is 4.98 Å². The summed E-state index contributed by atoms with van der Waals surface area (Å²) < 4.78 is 1.29. The maximum absolute atomic E-state index is 12.6. The molecule has 0 spiro atoms. The van der Waals surface area contributed by atoms with Crippen LogP contribution in [-0.2, 0) is 11.3 Å². The topological polar surface area (TPSA) is 64.0 Å². The highest BCUT2D eigenvalue weighted by molar-refractivity contribution is 7.18. The molecule has 1 N–H and O–H groups in total. The summed E-state index contributed by atoms with van der Waals surface area (Å²) in [6, 6.07) is 4.78. The van der Waals surface area contributed by atoms with Crippen molar-refractivity contribution in [3.05, 3.63) is 55.4 Å². The van der Waals surface area contributed by atoms with Crippen molar-refractivity contribution in [1.82, 2.24) is 9.55 Å². The van der Waals surface area contributed by atoms with Gasteiger partial charge >= 0.3 is 0 Å². The molecule has 124 valence electrons. The minimum atomic E-state index is -0.382. The third-order valence-electron chi connectivity index (χ3n) is 3.67. The first-order valence-corrected chi connectivity index (χ1v) is 8.64. The molecule has 1 aromatic carbocycles. The molecule has 0 aliphatic heterocycles. The second kappa shape index (κ2) is 6.55. The highest BCUT2D eigenvalue weighted by Gasteiger charge is 2.14. The van der Waals surface area contributed by atoms with Crippen molar-refractivity contribution in [2.45, 2.75) is 20.4 Å². The number of hydrogen-bond acceptors (Lipinski definition) is 4. The zero-order chi connectivity index (χ0) is 17.4. The second-order valence-corrected chi connectivity index (χ2v) is 7.36. The molecule has 0 aliphatic carbocycles. The molecule has 8 heteroatoms. The van der Waals surface area contributed by atoms with E-state index in [1.807, 2.05) is 13.8 Å². The Morgan fingerprint density at radius 1 is 1.33 bits per heavy atom. The van der Waals surface area contributed by atoms with Crippen LogP contribution in [-0.4, -0.2) is 15.5 Å². The molecule has 0 aliphatic rings. The van der Waals surface area contributed by atoms with Gasteiger partial charge in [0.1, 0.15) is 11.4 Å². The van der Waals surface area contributed by atoms with Gasteiger partial charge in [-0.3, -0.25) is 14.2 Å². The molecule has 2 aromatic heterocycles. The lowest BCUT2D eigenvalue weighted by molar-refractivity contribution is -0.116. The average Bonchev–Trinajstić information content (AvgIpc) is 2.81. The van der Waals surface area contributed by atoms with Crippen LogP contribution >= 0.6 is 34.5 Å². The molecule has 0 radical (unpaired) electrons. The number of aryl methyl sites for hydroxylation is 2. The summed E-state index contributed by atoms with van der Waals surface area (Å²) in [4.78, 5) is 30.8. The number of nitrogens with zero attached hydrogens (tertiary/aromatic N) is 2. The summed E-state index contributed by atoms with van der Waals surface area (Å²) in [5, 5.41) is 4.05. The smallest absolute Gasteiger partial charge is 0.262 e. The maximum atomic E-state index is 12.6. The van der Waals surface area contributed by atoms with Gasteiger partial charge in [-0.05, 0) is 37.6 Å². The molecule has 24 heavy (non-hydrogen) atoms. The molecule has 3 aromatic rings. The van der Waals surface area contributed by atoms with E-state index in [2.05, 4.69) is 10.3 Å². The van der Waals surface area contributed by atoms with E-state index in [1.54, 1.807) is 18.2 Å². The molecule has 0 fully saturated rings. The van der Waals surface area contributed by atoms with Crippen molar-refractivity contribution in [2.24, 2.45) is 0 Å². The van der Waals surface area contributed by atoms with E-state index >= 15 is 0 Å². The number of aromatic nitrogens is 2. The molecule has 5 nitrogen and oxygen atoms in total. The van der Waals surface area contributed by atoms with Crippen molar-refractivity contribution >= 4 is 56.3 Å². The number of halogens is 2. The Kier molecular flexibility index (Phi) is 4.62. The van der Waals surface area contributed by atoms with Crippen LogP contribution in [0.2, 0.25) is 10.0 Å². The van der Waals surface area contributed by atoms with Gasteiger partial charge in [0, 0.05) is 9.90 Å². The van der Waals surface area contributed by atoms with Crippen LogP contribution in [0.1, 0.15) is 10.4 Å². The largest absolute Gasteiger partial charge is 0.323 e. The molecule has 0 atom stereocenters. The van der Waals surface area contributed by atoms with E-state index in [9.17, 15) is 9.59 Å². The zero-order valence-corrected chi connectivity index (χ0v) is 15.2. The minimum Gasteiger partial charge on any atom is -0.323 e. The first-order valence-electron chi connectivity index (χ1n) is 7.07. The van der Waals surface area contributed by atoms with Gasteiger partial charge in [0.15, 0.2) is 0 Å². The molecule has 0 unspecified atom stereocenters. The van der Waals surface area contributed by atoms with E-state index in [4.69, 9.17) is 23.2 Å². The number of rotatable bonds is 3. The average molecular weight is 382 g/mol. The fourth-order valence-electron chi connectivity index (χ4n) is 2.32. The van der Waals surface area contributed by atoms with E-state index in [1.165, 1.54) is 22.2 Å². The number of nitrogens with one attached hydrogen (secondary N) is 1. The quantitative estimate of drug-likeness (QED) is 0.744. The molecule has 0 saturated heterocycles. The van der Waals surface area contributed by atoms with Crippen molar-refractivity contribution in [1.29, 1.82) is 0 Å². The van der Waals surface area contributed by atoms with Gasteiger partial charge in [0.2, 0.25) is 5.91 Å². The number of anilines is 1. The Labute approximate surface area is 151 Å². The summed E-state index contributed by atoms with van der Waals surface area (Å²) in [6.07, 6.45) is 1.39. The number of thiophene rings is 1. The van der Waals surface area contributed by atoms with E-state index in [-0.39, 0.29) is 18.0 Å². The molecular formula is C16H13Cl2N3O2S. The standard InChI is InChI=1S/C16H13Cl2N3O2S/c1-8-9(2)24-15-14(8)16(23)21(7-19-15)6-13(22)20-12-5-10(17)3-4-11(12)18/h3-5,7H,6H2,1-2H3,(H,20,22). The fraction of sp³-hybridized carbons (Fsp3) is 0.188. The van der Waals surface area contributed by atoms with E-state index < -0.39 is 0 Å². The Bertz CT molecular complexity index is 1010. The van der Waals surface area contributed by atoms with Gasteiger partial charge in [-0.1, -0.05) is 23.2 Å². The summed E-state index contributed by atoms with van der Waals surface area (Å²) >= 11 is 13.4. The van der Waals surface area contributed by atoms with Crippen LogP contribution in [0.4, 0.5) is 5.69 Å². The van der Waals surface area contributed by atoms with Gasteiger partial charge in [-0.15, -0.1) is 11.3 Å². The van der Waals surface area contributed by atoms with Gasteiger partial charge < -0.3 is 5.32 Å². The van der Waals surface area contributed by atoms with Crippen LogP contribution in [0.5, 0.6) is 0 Å². The van der Waals surface area contributed by atoms with Crippen molar-refractivity contribution in [3.63, 3.8) is 0 Å². The zero-order valence-electron chi connectivity index (χ0n) is 12.9. The van der Waals surface area contributed by atoms with E-state index in [0.29, 0.717) is 25.9 Å². The fourth-order valence-corrected chi connectivity index (χ4v) is 3.64. The Hall–Kier alpha value is -1.89. The first kappa shape index (κ1) is 17.0. The SMILES string of the molecule is Cc1sc2ncn(CC(=O)Nc3cc(Cl)ccc3Cl)c(=O)c2c1C. The van der Waals surface area contributed by atoms with Crippen molar-refractivity contribution in [2.75, 3.05) is 5.32 Å². The second-order valence-electron chi connectivity index (χ2n) is 5.31. The number of fused-ring (bicyclic) bond motifs is 1. The molecular weight excluding hydrogens is 369 g/mol. The highest BCUT2D eigenvalue weighted by atomic mass is 35.5. The van der Waals surface area contributed by atoms with Crippen molar-refractivity contribution < 1.29 is 4.79 Å². The summed E-state index contributed by atoms with van der Waals surface area (Å²) in [6.45, 7) is 3.67. The van der Waals surface area contributed by atoms with Gasteiger partial charge in [-0.2, -0.15) is 0 Å². The minimum absolute atomic E-state index is 0.154. The first-order chi connectivity index (χ1) is 11.4. The monoisotopic (exact) mass is 381 g/mol. The predicted octanol–water partition coefficient (Wildman–Crippen LogP) is 4.02. The maximum Gasteiger partial charge on any atom is 0.262 e. The van der Waals surface area contributed by atoms with Crippen molar-refractivity contribution in [3.8, 4) is 0 Å². The highest BCUT2D eigenvalue weighted by Crippen LogP contribution is 2.26. The molecule has 1 amide bonds. The lowest BCUT2D eigenvalue weighted by atomic mass is 10.2. The Balaban J connectivity index is 1.88. The number of carbonyl (C=O) groups excluding carboxylic acids is 1. The predicted molar refractivity (Wildman–Crippen MR) is 98.4 cm³/mol. The molecule has 3 rings (SSSR count). The molecule has 0 saturated carbocycles. The molecule has 2 heterocycles. The lowest BCUT2D eigenvalue weighted by Crippen LogP contribution is -2.28. The van der Waals surface area contributed by atoms with Gasteiger partial charge in [0.05, 0.1) is 22.4 Å². The van der Waals surface area contributed by atoms with Crippen LogP contribution < -0.4 is 10.9 Å². The summed E-state index contributed by atoms with van der Waals surface area (Å²) in [5.74, 6) is -0.382.